The molecule has 0 saturated carbocycles. The highest BCUT2D eigenvalue weighted by atomic mass is 19.1. The lowest BCUT2D eigenvalue weighted by Crippen LogP contribution is -2.36. The second-order valence-corrected chi connectivity index (χ2v) is 7.79. The molecule has 2 aliphatic rings. The zero-order valence-corrected chi connectivity index (χ0v) is 16.4. The van der Waals surface area contributed by atoms with E-state index in [1.54, 1.807) is 21.9 Å². The standard InChI is InChI=1S/C25H21FN2O2/c26-20-11-9-18(10-12-20)23(28-16-19-6-1-3-7-21(19)25(28)30)15-24(29)27-14-13-17-5-2-4-8-22(17)27/h1-12,23H,13-16H2/t23-/m1/s1. The van der Waals surface area contributed by atoms with E-state index in [0.29, 0.717) is 18.7 Å². The highest BCUT2D eigenvalue weighted by Gasteiger charge is 2.36. The van der Waals surface area contributed by atoms with Crippen LogP contribution in [0.25, 0.3) is 0 Å². The number of benzene rings is 3. The fourth-order valence-corrected chi connectivity index (χ4v) is 4.49. The van der Waals surface area contributed by atoms with Gasteiger partial charge >= 0.3 is 0 Å². The third-order valence-electron chi connectivity index (χ3n) is 6.04. The van der Waals surface area contributed by atoms with Crippen molar-refractivity contribution in [1.82, 2.24) is 4.90 Å². The minimum absolute atomic E-state index is 0.0296. The molecular formula is C25H21FN2O2. The molecule has 2 heterocycles. The Bertz CT molecular complexity index is 1130. The van der Waals surface area contributed by atoms with Gasteiger partial charge in [0.25, 0.3) is 5.91 Å². The molecule has 0 spiro atoms. The van der Waals surface area contributed by atoms with Crippen molar-refractivity contribution in [2.24, 2.45) is 0 Å². The fourth-order valence-electron chi connectivity index (χ4n) is 4.49. The number of halogens is 1. The first-order valence-corrected chi connectivity index (χ1v) is 10.1. The summed E-state index contributed by atoms with van der Waals surface area (Å²) in [5.41, 5.74) is 4.49. The van der Waals surface area contributed by atoms with Gasteiger partial charge in [-0.05, 0) is 47.4 Å². The van der Waals surface area contributed by atoms with E-state index in [4.69, 9.17) is 0 Å². The molecule has 3 aromatic rings. The van der Waals surface area contributed by atoms with Gasteiger partial charge in [0.1, 0.15) is 5.82 Å². The van der Waals surface area contributed by atoms with E-state index >= 15 is 0 Å². The molecule has 30 heavy (non-hydrogen) atoms. The highest BCUT2D eigenvalue weighted by molar-refractivity contribution is 6.00. The van der Waals surface area contributed by atoms with Crippen LogP contribution in [0.2, 0.25) is 0 Å². The molecule has 1 atom stereocenters. The summed E-state index contributed by atoms with van der Waals surface area (Å²) in [6, 6.07) is 21.1. The number of fused-ring (bicyclic) bond motifs is 2. The predicted octanol–water partition coefficient (Wildman–Crippen LogP) is 4.50. The van der Waals surface area contributed by atoms with Gasteiger partial charge in [0.15, 0.2) is 0 Å². The number of amides is 2. The van der Waals surface area contributed by atoms with E-state index in [9.17, 15) is 14.0 Å². The molecule has 4 nitrogen and oxygen atoms in total. The molecule has 150 valence electrons. The van der Waals surface area contributed by atoms with Crippen LogP contribution in [0.4, 0.5) is 10.1 Å². The topological polar surface area (TPSA) is 40.6 Å². The molecule has 0 bridgehead atoms. The van der Waals surface area contributed by atoms with Crippen molar-refractivity contribution in [1.29, 1.82) is 0 Å². The summed E-state index contributed by atoms with van der Waals surface area (Å²) >= 11 is 0. The first kappa shape index (κ1) is 18.6. The summed E-state index contributed by atoms with van der Waals surface area (Å²) in [6.45, 7) is 1.09. The van der Waals surface area contributed by atoms with E-state index in [-0.39, 0.29) is 24.1 Å². The van der Waals surface area contributed by atoms with Gasteiger partial charge in [0.2, 0.25) is 5.91 Å². The van der Waals surface area contributed by atoms with Crippen LogP contribution in [0.1, 0.15) is 39.5 Å². The lowest BCUT2D eigenvalue weighted by atomic mass is 10.0. The Labute approximate surface area is 174 Å². The largest absolute Gasteiger partial charge is 0.327 e. The van der Waals surface area contributed by atoms with Crippen molar-refractivity contribution in [2.45, 2.75) is 25.4 Å². The second kappa shape index (κ2) is 7.41. The van der Waals surface area contributed by atoms with Crippen molar-refractivity contribution in [3.05, 3.63) is 101 Å². The smallest absolute Gasteiger partial charge is 0.255 e. The molecule has 0 saturated heterocycles. The van der Waals surface area contributed by atoms with Gasteiger partial charge in [-0.15, -0.1) is 0 Å². The van der Waals surface area contributed by atoms with Crippen LogP contribution >= 0.6 is 0 Å². The Kier molecular flexibility index (Phi) is 4.58. The molecule has 0 N–H and O–H groups in total. The van der Waals surface area contributed by atoms with E-state index < -0.39 is 6.04 Å². The van der Waals surface area contributed by atoms with Crippen LogP contribution in [0, 0.1) is 5.82 Å². The average molecular weight is 400 g/mol. The summed E-state index contributed by atoms with van der Waals surface area (Å²) in [7, 11) is 0. The molecule has 0 radical (unpaired) electrons. The van der Waals surface area contributed by atoms with Gasteiger partial charge in [0, 0.05) is 24.3 Å². The van der Waals surface area contributed by atoms with Crippen molar-refractivity contribution in [3.8, 4) is 0 Å². The Morgan fingerprint density at radius 2 is 1.63 bits per heavy atom. The van der Waals surface area contributed by atoms with Gasteiger partial charge in [-0.25, -0.2) is 4.39 Å². The number of para-hydroxylation sites is 1. The zero-order chi connectivity index (χ0) is 20.7. The van der Waals surface area contributed by atoms with Crippen molar-refractivity contribution < 1.29 is 14.0 Å². The van der Waals surface area contributed by atoms with Crippen LogP contribution in [0.3, 0.4) is 0 Å². The minimum Gasteiger partial charge on any atom is -0.327 e. The van der Waals surface area contributed by atoms with Crippen molar-refractivity contribution in [2.75, 3.05) is 11.4 Å². The van der Waals surface area contributed by atoms with Crippen LogP contribution < -0.4 is 4.90 Å². The Hall–Kier alpha value is -3.47. The monoisotopic (exact) mass is 400 g/mol. The molecule has 0 unspecified atom stereocenters. The quantitative estimate of drug-likeness (QED) is 0.647. The summed E-state index contributed by atoms with van der Waals surface area (Å²) in [5, 5.41) is 0. The number of rotatable bonds is 4. The molecule has 0 aliphatic carbocycles. The molecule has 3 aromatic carbocycles. The maximum absolute atomic E-state index is 13.5. The van der Waals surface area contributed by atoms with Gasteiger partial charge in [-0.1, -0.05) is 48.5 Å². The number of hydrogen-bond donors (Lipinski definition) is 0. The molecule has 5 rings (SSSR count). The summed E-state index contributed by atoms with van der Waals surface area (Å²) in [6.07, 6.45) is 0.983. The number of nitrogens with zero attached hydrogens (tertiary/aromatic N) is 2. The third-order valence-corrected chi connectivity index (χ3v) is 6.04. The number of hydrogen-bond acceptors (Lipinski definition) is 2. The van der Waals surface area contributed by atoms with Gasteiger partial charge in [-0.2, -0.15) is 0 Å². The maximum atomic E-state index is 13.5. The first-order valence-electron chi connectivity index (χ1n) is 10.1. The van der Waals surface area contributed by atoms with Crippen molar-refractivity contribution in [3.63, 3.8) is 0 Å². The number of carbonyl (C=O) groups is 2. The maximum Gasteiger partial charge on any atom is 0.255 e. The van der Waals surface area contributed by atoms with E-state index in [1.165, 1.54) is 12.1 Å². The highest BCUT2D eigenvalue weighted by Crippen LogP contribution is 2.35. The number of carbonyl (C=O) groups excluding carboxylic acids is 2. The lowest BCUT2D eigenvalue weighted by Gasteiger charge is -2.30. The molecule has 2 amide bonds. The molecule has 2 aliphatic heterocycles. The van der Waals surface area contributed by atoms with Gasteiger partial charge in [-0.3, -0.25) is 9.59 Å². The van der Waals surface area contributed by atoms with E-state index in [2.05, 4.69) is 0 Å². The summed E-state index contributed by atoms with van der Waals surface area (Å²) in [5.74, 6) is -0.457. The van der Waals surface area contributed by atoms with Crippen molar-refractivity contribution >= 4 is 17.5 Å². The van der Waals surface area contributed by atoms with E-state index in [0.717, 1.165) is 28.8 Å². The second-order valence-electron chi connectivity index (χ2n) is 7.79. The van der Waals surface area contributed by atoms with Crippen LogP contribution in [0.15, 0.2) is 72.8 Å². The predicted molar refractivity (Wildman–Crippen MR) is 113 cm³/mol. The van der Waals surface area contributed by atoms with E-state index in [1.807, 2.05) is 48.5 Å². The molecular weight excluding hydrogens is 379 g/mol. The normalized spacial score (nSPS) is 15.8. The Morgan fingerprint density at radius 3 is 2.40 bits per heavy atom. The summed E-state index contributed by atoms with van der Waals surface area (Å²) in [4.78, 5) is 30.0. The SMILES string of the molecule is O=C(C[C@H](c1ccc(F)cc1)N1Cc2ccccc2C1=O)N1CCc2ccccc21. The Morgan fingerprint density at radius 1 is 0.933 bits per heavy atom. The van der Waals surface area contributed by atoms with Gasteiger partial charge in [0.05, 0.1) is 12.5 Å². The molecule has 5 heteroatoms. The number of anilines is 1. The third kappa shape index (κ3) is 3.16. The zero-order valence-electron chi connectivity index (χ0n) is 16.4. The van der Waals surface area contributed by atoms with Crippen LogP contribution in [-0.4, -0.2) is 23.3 Å². The molecule has 0 aromatic heterocycles. The fraction of sp³-hybridized carbons (Fsp3) is 0.200. The first-order chi connectivity index (χ1) is 14.6. The summed E-state index contributed by atoms with van der Waals surface area (Å²) < 4.78 is 13.5. The average Bonchev–Trinajstić information content (AvgIpc) is 3.34. The minimum atomic E-state index is -0.453. The lowest BCUT2D eigenvalue weighted by molar-refractivity contribution is -0.119. The van der Waals surface area contributed by atoms with Crippen LogP contribution in [0.5, 0.6) is 0 Å². The van der Waals surface area contributed by atoms with Crippen LogP contribution in [-0.2, 0) is 17.8 Å². The Balaban J connectivity index is 1.46. The molecule has 0 fully saturated rings. The van der Waals surface area contributed by atoms with Gasteiger partial charge < -0.3 is 9.80 Å².